The van der Waals surface area contributed by atoms with E-state index in [9.17, 15) is 18.4 Å². The number of carbonyl (C=O) groups excluding carboxylic acids is 2. The van der Waals surface area contributed by atoms with E-state index in [1.807, 2.05) is 13.8 Å². The minimum atomic E-state index is -0.893. The van der Waals surface area contributed by atoms with Gasteiger partial charge >= 0.3 is 0 Å². The Kier molecular flexibility index (Phi) is 6.37. The van der Waals surface area contributed by atoms with Crippen LogP contribution in [0.1, 0.15) is 21.5 Å². The van der Waals surface area contributed by atoms with Gasteiger partial charge in [-0.2, -0.15) is 0 Å². The van der Waals surface area contributed by atoms with E-state index < -0.39 is 17.5 Å². The van der Waals surface area contributed by atoms with Crippen LogP contribution in [-0.2, 0) is 4.79 Å². The first kappa shape index (κ1) is 21.0. The van der Waals surface area contributed by atoms with E-state index in [1.165, 1.54) is 4.90 Å². The van der Waals surface area contributed by atoms with Crippen molar-refractivity contribution in [2.75, 3.05) is 32.8 Å². The normalized spacial score (nSPS) is 14.1. The molecule has 0 aliphatic carbocycles. The van der Waals surface area contributed by atoms with Crippen LogP contribution in [0.5, 0.6) is 5.75 Å². The fraction of sp³-hybridized carbons (Fsp3) is 0.333. The molecule has 1 aliphatic heterocycles. The van der Waals surface area contributed by atoms with Crippen molar-refractivity contribution in [3.63, 3.8) is 0 Å². The molecule has 1 fully saturated rings. The highest BCUT2D eigenvalue weighted by Gasteiger charge is 2.26. The van der Waals surface area contributed by atoms with Crippen molar-refractivity contribution in [1.82, 2.24) is 9.80 Å². The van der Waals surface area contributed by atoms with Crippen LogP contribution in [0.4, 0.5) is 8.78 Å². The fourth-order valence-electron chi connectivity index (χ4n) is 3.22. The highest BCUT2D eigenvalue weighted by Crippen LogP contribution is 2.26. The van der Waals surface area contributed by atoms with Gasteiger partial charge in [0.1, 0.15) is 17.4 Å². The Morgan fingerprint density at radius 3 is 2.17 bits per heavy atom. The first-order valence-electron chi connectivity index (χ1n) is 9.18. The topological polar surface area (TPSA) is 49.9 Å². The molecular formula is C21H21ClF2N2O3. The van der Waals surface area contributed by atoms with Crippen LogP contribution in [0, 0.1) is 25.5 Å². The van der Waals surface area contributed by atoms with Crippen LogP contribution in [0.15, 0.2) is 30.3 Å². The molecule has 29 heavy (non-hydrogen) atoms. The van der Waals surface area contributed by atoms with E-state index in [0.717, 1.165) is 23.3 Å². The van der Waals surface area contributed by atoms with Crippen molar-refractivity contribution >= 4 is 23.4 Å². The Morgan fingerprint density at radius 2 is 1.59 bits per heavy atom. The van der Waals surface area contributed by atoms with Crippen LogP contribution in [-0.4, -0.2) is 54.4 Å². The summed E-state index contributed by atoms with van der Waals surface area (Å²) in [5.74, 6) is -1.78. The smallest absolute Gasteiger partial charge is 0.260 e. The predicted molar refractivity (Wildman–Crippen MR) is 105 cm³/mol. The van der Waals surface area contributed by atoms with Crippen LogP contribution in [0.3, 0.4) is 0 Å². The van der Waals surface area contributed by atoms with Gasteiger partial charge < -0.3 is 14.5 Å². The van der Waals surface area contributed by atoms with Gasteiger partial charge in [-0.1, -0.05) is 11.6 Å². The number of benzene rings is 2. The zero-order valence-corrected chi connectivity index (χ0v) is 16.9. The van der Waals surface area contributed by atoms with Crippen LogP contribution >= 0.6 is 11.6 Å². The molecule has 0 N–H and O–H groups in total. The number of amides is 2. The molecule has 0 saturated carbocycles. The Hall–Kier alpha value is -2.67. The monoisotopic (exact) mass is 422 g/mol. The molecule has 2 amide bonds. The molecule has 0 atom stereocenters. The molecule has 154 valence electrons. The molecule has 1 heterocycles. The molecule has 1 saturated heterocycles. The van der Waals surface area contributed by atoms with E-state index in [-0.39, 0.29) is 31.2 Å². The van der Waals surface area contributed by atoms with E-state index >= 15 is 0 Å². The Bertz CT molecular complexity index is 921. The molecule has 1 aliphatic rings. The molecular weight excluding hydrogens is 402 g/mol. The van der Waals surface area contributed by atoms with Crippen molar-refractivity contribution in [2.24, 2.45) is 0 Å². The van der Waals surface area contributed by atoms with Crippen molar-refractivity contribution < 1.29 is 23.1 Å². The Labute approximate surface area is 172 Å². The number of nitrogens with zero attached hydrogens (tertiary/aromatic N) is 2. The van der Waals surface area contributed by atoms with Gasteiger partial charge in [0, 0.05) is 37.3 Å². The summed E-state index contributed by atoms with van der Waals surface area (Å²) in [5.41, 5.74) is 1.56. The maximum Gasteiger partial charge on any atom is 0.260 e. The largest absolute Gasteiger partial charge is 0.484 e. The number of rotatable bonds is 4. The number of hydrogen-bond donors (Lipinski definition) is 0. The average Bonchev–Trinajstić information content (AvgIpc) is 2.69. The van der Waals surface area contributed by atoms with E-state index in [1.54, 1.807) is 17.0 Å². The van der Waals surface area contributed by atoms with E-state index in [0.29, 0.717) is 29.9 Å². The lowest BCUT2D eigenvalue weighted by Crippen LogP contribution is -2.51. The van der Waals surface area contributed by atoms with Gasteiger partial charge in [0.25, 0.3) is 11.8 Å². The molecule has 0 bridgehead atoms. The van der Waals surface area contributed by atoms with Crippen molar-refractivity contribution in [1.29, 1.82) is 0 Å². The second-order valence-electron chi connectivity index (χ2n) is 6.96. The van der Waals surface area contributed by atoms with Crippen LogP contribution < -0.4 is 4.74 Å². The lowest BCUT2D eigenvalue weighted by Gasteiger charge is -2.34. The number of aryl methyl sites for hydroxylation is 2. The minimum Gasteiger partial charge on any atom is -0.484 e. The molecule has 0 spiro atoms. The molecule has 0 unspecified atom stereocenters. The van der Waals surface area contributed by atoms with Gasteiger partial charge in [-0.3, -0.25) is 9.59 Å². The SMILES string of the molecule is Cc1cc(OCC(=O)N2CCN(C(=O)c3ccc(F)cc3F)CC2)cc(C)c1Cl. The lowest BCUT2D eigenvalue weighted by molar-refractivity contribution is -0.134. The summed E-state index contributed by atoms with van der Waals surface area (Å²) in [4.78, 5) is 27.9. The molecule has 2 aromatic carbocycles. The molecule has 2 aromatic rings. The number of hydrogen-bond acceptors (Lipinski definition) is 3. The summed E-state index contributed by atoms with van der Waals surface area (Å²) in [5, 5.41) is 0.669. The highest BCUT2D eigenvalue weighted by atomic mass is 35.5. The second kappa shape index (κ2) is 8.78. The van der Waals surface area contributed by atoms with Gasteiger partial charge in [-0.15, -0.1) is 0 Å². The molecule has 5 nitrogen and oxygen atoms in total. The lowest BCUT2D eigenvalue weighted by atomic mass is 10.1. The number of piperazine rings is 1. The Morgan fingerprint density at radius 1 is 1.00 bits per heavy atom. The molecule has 0 radical (unpaired) electrons. The number of ether oxygens (including phenoxy) is 1. The third-order valence-corrected chi connectivity index (χ3v) is 5.45. The minimum absolute atomic E-state index is 0.124. The summed E-state index contributed by atoms with van der Waals surface area (Å²) in [6, 6.07) is 6.42. The zero-order valence-electron chi connectivity index (χ0n) is 16.2. The Balaban J connectivity index is 1.53. The summed E-state index contributed by atoms with van der Waals surface area (Å²) >= 11 is 6.13. The third kappa shape index (κ3) is 4.85. The summed E-state index contributed by atoms with van der Waals surface area (Å²) in [6.45, 7) is 4.77. The average molecular weight is 423 g/mol. The quantitative estimate of drug-likeness (QED) is 0.756. The fourth-order valence-corrected chi connectivity index (χ4v) is 3.33. The van der Waals surface area contributed by atoms with Crippen LogP contribution in [0.25, 0.3) is 0 Å². The van der Waals surface area contributed by atoms with Gasteiger partial charge in [0.2, 0.25) is 0 Å². The molecule has 0 aromatic heterocycles. The zero-order chi connectivity index (χ0) is 21.1. The van der Waals surface area contributed by atoms with Gasteiger partial charge in [-0.05, 0) is 49.2 Å². The summed E-state index contributed by atoms with van der Waals surface area (Å²) < 4.78 is 32.4. The number of halogens is 3. The van der Waals surface area contributed by atoms with Crippen molar-refractivity contribution in [2.45, 2.75) is 13.8 Å². The maximum absolute atomic E-state index is 13.8. The van der Waals surface area contributed by atoms with E-state index in [4.69, 9.17) is 16.3 Å². The number of carbonyl (C=O) groups is 2. The molecule has 3 rings (SSSR count). The van der Waals surface area contributed by atoms with E-state index in [2.05, 4.69) is 0 Å². The highest BCUT2D eigenvalue weighted by molar-refractivity contribution is 6.32. The van der Waals surface area contributed by atoms with Crippen LogP contribution in [0.2, 0.25) is 5.02 Å². The summed E-state index contributed by atoms with van der Waals surface area (Å²) in [6.07, 6.45) is 0. The van der Waals surface area contributed by atoms with Gasteiger partial charge in [-0.25, -0.2) is 8.78 Å². The first-order valence-corrected chi connectivity index (χ1v) is 9.55. The molecule has 8 heteroatoms. The van der Waals surface area contributed by atoms with Crippen molar-refractivity contribution in [3.8, 4) is 5.75 Å². The predicted octanol–water partition coefficient (Wildman–Crippen LogP) is 3.60. The standard InChI is InChI=1S/C21H21ClF2N2O3/c1-13-9-16(10-14(2)20(13)22)29-12-19(27)25-5-7-26(8-6-25)21(28)17-4-3-15(23)11-18(17)24/h3-4,9-11H,5-8,12H2,1-2H3. The maximum atomic E-state index is 13.8. The second-order valence-corrected chi connectivity index (χ2v) is 7.33. The van der Waals surface area contributed by atoms with Crippen molar-refractivity contribution in [3.05, 3.63) is 63.7 Å². The first-order chi connectivity index (χ1) is 13.8. The van der Waals surface area contributed by atoms with Gasteiger partial charge in [0.05, 0.1) is 5.56 Å². The van der Waals surface area contributed by atoms with Gasteiger partial charge in [0.15, 0.2) is 6.61 Å². The third-order valence-electron chi connectivity index (χ3n) is 4.85. The summed E-state index contributed by atoms with van der Waals surface area (Å²) in [7, 11) is 0.